The van der Waals surface area contributed by atoms with Crippen LogP contribution in [0.4, 0.5) is 11.4 Å². The van der Waals surface area contributed by atoms with E-state index in [0.717, 1.165) is 23.6 Å². The molecule has 1 aliphatic carbocycles. The molecule has 0 aromatic heterocycles. The minimum absolute atomic E-state index is 0.593. The van der Waals surface area contributed by atoms with Crippen LogP contribution in [-0.2, 0) is 29.4 Å². The topological polar surface area (TPSA) is 58.2 Å². The van der Waals surface area contributed by atoms with Gasteiger partial charge in [0.1, 0.15) is 0 Å². The maximum atomic E-state index is 12.2. The molecule has 0 spiro atoms. The summed E-state index contributed by atoms with van der Waals surface area (Å²) in [6.45, 7) is 8.06. The molecule has 0 aliphatic heterocycles. The molecular formula is C21H28N2O2S. The average Bonchev–Trinajstić information content (AvgIpc) is 2.92. The van der Waals surface area contributed by atoms with Crippen LogP contribution in [0.5, 0.6) is 0 Å². The first-order valence-corrected chi connectivity index (χ1v) is 10.6. The Labute approximate surface area is 157 Å². The zero-order chi connectivity index (χ0) is 18.9. The van der Waals surface area contributed by atoms with Gasteiger partial charge in [0.15, 0.2) is 0 Å². The number of nitrogens with one attached hydrogen (secondary N) is 2. The van der Waals surface area contributed by atoms with Gasteiger partial charge >= 0.3 is 0 Å². The molecule has 0 saturated carbocycles. The molecule has 0 amide bonds. The second-order valence-electron chi connectivity index (χ2n) is 8.27. The van der Waals surface area contributed by atoms with Crippen LogP contribution < -0.4 is 10.0 Å². The summed E-state index contributed by atoms with van der Waals surface area (Å²) in [6.07, 6.45) is 2.34. The Kier molecular flexibility index (Phi) is 5.02. The van der Waals surface area contributed by atoms with Crippen molar-refractivity contribution in [3.63, 3.8) is 0 Å². The van der Waals surface area contributed by atoms with Crippen molar-refractivity contribution in [1.82, 2.24) is 0 Å². The van der Waals surface area contributed by atoms with Crippen molar-refractivity contribution in [3.05, 3.63) is 59.2 Å². The van der Waals surface area contributed by atoms with E-state index < -0.39 is 14.8 Å². The molecule has 0 radical (unpaired) electrons. The van der Waals surface area contributed by atoms with Gasteiger partial charge < -0.3 is 5.32 Å². The Morgan fingerprint density at radius 2 is 1.58 bits per heavy atom. The van der Waals surface area contributed by atoms with Gasteiger partial charge in [-0.1, -0.05) is 25.1 Å². The van der Waals surface area contributed by atoms with Gasteiger partial charge in [-0.15, -0.1) is 0 Å². The Morgan fingerprint density at radius 1 is 0.962 bits per heavy atom. The maximum absolute atomic E-state index is 12.2. The van der Waals surface area contributed by atoms with Gasteiger partial charge in [0.05, 0.1) is 4.75 Å². The number of sulfonamides is 1. The van der Waals surface area contributed by atoms with E-state index >= 15 is 0 Å². The van der Waals surface area contributed by atoms with E-state index in [4.69, 9.17) is 0 Å². The van der Waals surface area contributed by atoms with Gasteiger partial charge in [-0.25, -0.2) is 8.42 Å². The number of hydrogen-bond donors (Lipinski definition) is 2. The molecule has 1 unspecified atom stereocenters. The van der Waals surface area contributed by atoms with E-state index in [2.05, 4.69) is 35.2 Å². The summed E-state index contributed by atoms with van der Waals surface area (Å²) in [7, 11) is -3.39. The van der Waals surface area contributed by atoms with E-state index in [1.54, 1.807) is 20.8 Å². The molecule has 1 atom stereocenters. The van der Waals surface area contributed by atoms with Gasteiger partial charge in [0, 0.05) is 17.9 Å². The fourth-order valence-electron chi connectivity index (χ4n) is 3.15. The normalized spacial score (nSPS) is 17.0. The van der Waals surface area contributed by atoms with Crippen molar-refractivity contribution >= 4 is 21.4 Å². The number of benzene rings is 2. The maximum Gasteiger partial charge on any atom is 0.237 e. The van der Waals surface area contributed by atoms with Crippen molar-refractivity contribution in [2.24, 2.45) is 5.92 Å². The molecule has 3 rings (SSSR count). The first kappa shape index (κ1) is 18.8. The fourth-order valence-corrected chi connectivity index (χ4v) is 3.90. The van der Waals surface area contributed by atoms with Crippen LogP contribution >= 0.6 is 0 Å². The summed E-state index contributed by atoms with van der Waals surface area (Å²) in [6, 6.07) is 14.1. The number of anilines is 2. The van der Waals surface area contributed by atoms with Crippen LogP contribution in [0, 0.1) is 5.92 Å². The molecule has 2 N–H and O–H groups in total. The smallest absolute Gasteiger partial charge is 0.237 e. The zero-order valence-electron chi connectivity index (χ0n) is 16.0. The van der Waals surface area contributed by atoms with Crippen molar-refractivity contribution in [2.75, 3.05) is 10.0 Å². The summed E-state index contributed by atoms with van der Waals surface area (Å²) >= 11 is 0. The number of fused-ring (bicyclic) bond motifs is 1. The van der Waals surface area contributed by atoms with Crippen molar-refractivity contribution in [2.45, 2.75) is 51.8 Å². The number of rotatable bonds is 5. The molecule has 140 valence electrons. The average molecular weight is 373 g/mol. The highest BCUT2D eigenvalue weighted by Crippen LogP contribution is 2.29. The third-order valence-corrected chi connectivity index (χ3v) is 6.97. The van der Waals surface area contributed by atoms with Gasteiger partial charge in [0.25, 0.3) is 0 Å². The summed E-state index contributed by atoms with van der Waals surface area (Å²) in [5, 5.41) is 3.46. The Morgan fingerprint density at radius 3 is 2.23 bits per heavy atom. The summed E-state index contributed by atoms with van der Waals surface area (Å²) < 4.78 is 26.2. The van der Waals surface area contributed by atoms with Gasteiger partial charge in [0.2, 0.25) is 10.0 Å². The highest BCUT2D eigenvalue weighted by atomic mass is 32.2. The second-order valence-corrected chi connectivity index (χ2v) is 10.7. The molecule has 5 heteroatoms. The third kappa shape index (κ3) is 4.21. The molecule has 4 nitrogen and oxygen atoms in total. The van der Waals surface area contributed by atoms with Gasteiger partial charge in [-0.2, -0.15) is 0 Å². The van der Waals surface area contributed by atoms with Crippen LogP contribution in [0.2, 0.25) is 0 Å². The highest BCUT2D eigenvalue weighted by Gasteiger charge is 2.28. The van der Waals surface area contributed by atoms with Gasteiger partial charge in [-0.3, -0.25) is 4.72 Å². The largest absolute Gasteiger partial charge is 0.381 e. The molecule has 26 heavy (non-hydrogen) atoms. The molecule has 0 bridgehead atoms. The van der Waals surface area contributed by atoms with Crippen molar-refractivity contribution < 1.29 is 8.42 Å². The lowest BCUT2D eigenvalue weighted by atomic mass is 10.1. The highest BCUT2D eigenvalue weighted by molar-refractivity contribution is 7.94. The standard InChI is InChI=1S/C21H28N2O2S/c1-15-11-17-7-10-20(13-18(17)12-15)22-14-16-5-8-19(9-6-16)23-26(24,25)21(2,3)4/h5-10,13,15,22-23H,11-12,14H2,1-4H3. The molecule has 0 heterocycles. The summed E-state index contributed by atoms with van der Waals surface area (Å²) in [5.41, 5.74) is 5.76. The quantitative estimate of drug-likeness (QED) is 0.808. The second kappa shape index (κ2) is 6.95. The fraction of sp³-hybridized carbons (Fsp3) is 0.429. The van der Waals surface area contributed by atoms with E-state index in [0.29, 0.717) is 12.2 Å². The first-order chi connectivity index (χ1) is 12.1. The first-order valence-electron chi connectivity index (χ1n) is 9.11. The Bertz CT molecular complexity index is 881. The Balaban J connectivity index is 1.61. The lowest BCUT2D eigenvalue weighted by molar-refractivity contribution is 0.566. The Hall–Kier alpha value is -2.01. The predicted octanol–water partition coefficient (Wildman–Crippen LogP) is 4.57. The summed E-state index contributed by atoms with van der Waals surface area (Å²) in [5.74, 6) is 0.740. The van der Waals surface area contributed by atoms with E-state index in [1.807, 2.05) is 24.3 Å². The molecule has 1 aliphatic rings. The van der Waals surface area contributed by atoms with Crippen LogP contribution in [0.25, 0.3) is 0 Å². The molecule has 0 fully saturated rings. The SMILES string of the molecule is CC1Cc2ccc(NCc3ccc(NS(=O)(=O)C(C)(C)C)cc3)cc2C1. The number of hydrogen-bond acceptors (Lipinski definition) is 3. The predicted molar refractivity (Wildman–Crippen MR) is 109 cm³/mol. The molecule has 2 aromatic rings. The van der Waals surface area contributed by atoms with Crippen molar-refractivity contribution in [3.8, 4) is 0 Å². The molecular weight excluding hydrogens is 344 g/mol. The lowest BCUT2D eigenvalue weighted by Crippen LogP contribution is -2.33. The monoisotopic (exact) mass is 372 g/mol. The summed E-state index contributed by atoms with van der Waals surface area (Å²) in [4.78, 5) is 0. The molecule has 2 aromatic carbocycles. The van der Waals surface area contributed by atoms with Crippen LogP contribution in [0.1, 0.15) is 44.4 Å². The van der Waals surface area contributed by atoms with E-state index in [-0.39, 0.29) is 0 Å². The minimum Gasteiger partial charge on any atom is -0.381 e. The minimum atomic E-state index is -3.39. The van der Waals surface area contributed by atoms with E-state index in [9.17, 15) is 8.42 Å². The van der Waals surface area contributed by atoms with Crippen LogP contribution in [-0.4, -0.2) is 13.2 Å². The van der Waals surface area contributed by atoms with E-state index in [1.165, 1.54) is 17.5 Å². The van der Waals surface area contributed by atoms with Crippen LogP contribution in [0.3, 0.4) is 0 Å². The molecule has 0 saturated heterocycles. The lowest BCUT2D eigenvalue weighted by Gasteiger charge is -2.20. The van der Waals surface area contributed by atoms with Crippen LogP contribution in [0.15, 0.2) is 42.5 Å². The van der Waals surface area contributed by atoms with Crippen molar-refractivity contribution in [1.29, 1.82) is 0 Å². The third-order valence-electron chi connectivity index (χ3n) is 4.85. The zero-order valence-corrected chi connectivity index (χ0v) is 16.8. The van der Waals surface area contributed by atoms with Gasteiger partial charge in [-0.05, 0) is 80.5 Å².